The van der Waals surface area contributed by atoms with Gasteiger partial charge in [0.15, 0.2) is 11.5 Å². The predicted molar refractivity (Wildman–Crippen MR) is 136 cm³/mol. The average molecular weight is 477 g/mol. The number of carbonyl (C=O) groups excluding carboxylic acids is 2. The largest absolute Gasteiger partial charge is 0.493 e. The number of rotatable bonds is 7. The minimum Gasteiger partial charge on any atom is -0.493 e. The highest BCUT2D eigenvalue weighted by molar-refractivity contribution is 8.18. The Morgan fingerprint density at radius 3 is 2.29 bits per heavy atom. The third-order valence-electron chi connectivity index (χ3n) is 5.74. The van der Waals surface area contributed by atoms with E-state index in [0.717, 1.165) is 34.4 Å². The lowest BCUT2D eigenvalue weighted by Crippen LogP contribution is -2.32. The number of hydrogen-bond donors (Lipinski definition) is 0. The van der Waals surface area contributed by atoms with E-state index in [1.54, 1.807) is 19.2 Å². The summed E-state index contributed by atoms with van der Waals surface area (Å²) < 4.78 is 13.2. The zero-order chi connectivity index (χ0) is 24.4. The number of nitrogens with zero attached hydrogens (tertiary/aromatic N) is 2. The van der Waals surface area contributed by atoms with Gasteiger partial charge < -0.3 is 14.0 Å². The van der Waals surface area contributed by atoms with Crippen LogP contribution in [0, 0.1) is 27.7 Å². The Morgan fingerprint density at radius 1 is 0.941 bits per heavy atom. The van der Waals surface area contributed by atoms with Gasteiger partial charge in [-0.15, -0.1) is 0 Å². The van der Waals surface area contributed by atoms with Crippen LogP contribution >= 0.6 is 11.8 Å². The molecule has 0 bridgehead atoms. The molecule has 2 heterocycles. The fourth-order valence-corrected chi connectivity index (χ4v) is 5.09. The highest BCUT2D eigenvalue weighted by Gasteiger charge is 2.35. The summed E-state index contributed by atoms with van der Waals surface area (Å²) in [6.07, 6.45) is 1.81. The molecular formula is C27H28N2O4S. The van der Waals surface area contributed by atoms with E-state index in [-0.39, 0.29) is 24.3 Å². The molecule has 2 amide bonds. The molecule has 1 saturated heterocycles. The molecule has 2 aromatic carbocycles. The summed E-state index contributed by atoms with van der Waals surface area (Å²) in [5, 5.41) is -0.289. The Kier molecular flexibility index (Phi) is 6.84. The van der Waals surface area contributed by atoms with Gasteiger partial charge in [0.25, 0.3) is 11.1 Å². The van der Waals surface area contributed by atoms with Crippen molar-refractivity contribution in [2.45, 2.75) is 27.7 Å². The molecule has 0 spiro atoms. The molecule has 1 fully saturated rings. The van der Waals surface area contributed by atoms with Crippen molar-refractivity contribution in [3.63, 3.8) is 0 Å². The Bertz CT molecular complexity index is 1270. The number of benzene rings is 2. The van der Waals surface area contributed by atoms with Gasteiger partial charge in [0.1, 0.15) is 6.61 Å². The fraction of sp³-hybridized carbons (Fsp3) is 0.259. The second kappa shape index (κ2) is 9.81. The standard InChI is InChI=1S/C27H28N2O4S/c1-17-12-18(2)14-22(13-17)29-19(3)15-21(20(29)4)16-25-26(30)28(27(31)34-25)10-11-33-24-9-7-6-8-23(24)32-5/h6-9,12-16H,10-11H2,1-5H3/b25-16-. The number of aryl methyl sites for hydroxylation is 3. The van der Waals surface area contributed by atoms with E-state index in [9.17, 15) is 9.59 Å². The van der Waals surface area contributed by atoms with E-state index < -0.39 is 0 Å². The van der Waals surface area contributed by atoms with E-state index >= 15 is 0 Å². The van der Waals surface area contributed by atoms with Gasteiger partial charge in [-0.3, -0.25) is 14.5 Å². The van der Waals surface area contributed by atoms with Crippen LogP contribution in [0.2, 0.25) is 0 Å². The topological polar surface area (TPSA) is 60.8 Å². The smallest absolute Gasteiger partial charge is 0.293 e. The summed E-state index contributed by atoms with van der Waals surface area (Å²) in [4.78, 5) is 27.2. The molecule has 4 rings (SSSR count). The van der Waals surface area contributed by atoms with Gasteiger partial charge in [0, 0.05) is 17.1 Å². The lowest BCUT2D eigenvalue weighted by atomic mass is 10.1. The second-order valence-corrected chi connectivity index (χ2v) is 9.33. The van der Waals surface area contributed by atoms with E-state index in [1.807, 2.05) is 38.1 Å². The van der Waals surface area contributed by atoms with Crippen LogP contribution in [0.25, 0.3) is 11.8 Å². The van der Waals surface area contributed by atoms with Crippen LogP contribution in [0.5, 0.6) is 11.5 Å². The van der Waals surface area contributed by atoms with Crippen LogP contribution in [0.4, 0.5) is 4.79 Å². The third kappa shape index (κ3) is 4.75. The van der Waals surface area contributed by atoms with Gasteiger partial charge in [-0.1, -0.05) is 18.2 Å². The lowest BCUT2D eigenvalue weighted by molar-refractivity contribution is -0.123. The molecule has 34 heavy (non-hydrogen) atoms. The van der Waals surface area contributed by atoms with Gasteiger partial charge in [-0.05, 0) is 92.6 Å². The maximum atomic E-state index is 13.0. The summed E-state index contributed by atoms with van der Waals surface area (Å²) in [6, 6.07) is 15.8. The van der Waals surface area contributed by atoms with Crippen molar-refractivity contribution in [2.75, 3.05) is 20.3 Å². The molecule has 0 aliphatic carbocycles. The number of hydrogen-bond acceptors (Lipinski definition) is 5. The normalized spacial score (nSPS) is 14.9. The molecule has 0 saturated carbocycles. The van der Waals surface area contributed by atoms with Crippen molar-refractivity contribution in [3.05, 3.63) is 81.5 Å². The minimum atomic E-state index is -0.296. The fourth-order valence-electron chi connectivity index (χ4n) is 4.23. The Hall–Kier alpha value is -3.45. The molecule has 0 atom stereocenters. The number of aromatic nitrogens is 1. The Balaban J connectivity index is 1.51. The zero-order valence-corrected chi connectivity index (χ0v) is 20.9. The Morgan fingerprint density at radius 2 is 1.62 bits per heavy atom. The molecule has 176 valence electrons. The van der Waals surface area contributed by atoms with Gasteiger partial charge >= 0.3 is 0 Å². The molecule has 1 aromatic heterocycles. The van der Waals surface area contributed by atoms with Crippen LogP contribution in [-0.2, 0) is 4.79 Å². The SMILES string of the molecule is COc1ccccc1OCCN1C(=O)S/C(=C\c2cc(C)n(-c3cc(C)cc(C)c3)c2C)C1=O. The van der Waals surface area contributed by atoms with Crippen molar-refractivity contribution in [2.24, 2.45) is 0 Å². The summed E-state index contributed by atoms with van der Waals surface area (Å²) in [5.41, 5.74) is 6.49. The maximum Gasteiger partial charge on any atom is 0.293 e. The predicted octanol–water partition coefficient (Wildman–Crippen LogP) is 5.83. The highest BCUT2D eigenvalue weighted by atomic mass is 32.2. The summed E-state index contributed by atoms with van der Waals surface area (Å²) in [6.45, 7) is 8.59. The first-order chi connectivity index (χ1) is 16.3. The number of thioether (sulfide) groups is 1. The Labute approximate surface area is 204 Å². The third-order valence-corrected chi connectivity index (χ3v) is 6.64. The minimum absolute atomic E-state index is 0.168. The monoisotopic (exact) mass is 476 g/mol. The first-order valence-electron chi connectivity index (χ1n) is 11.1. The van der Waals surface area contributed by atoms with Crippen molar-refractivity contribution < 1.29 is 19.1 Å². The van der Waals surface area contributed by atoms with Crippen LogP contribution in [0.15, 0.2) is 53.4 Å². The second-order valence-electron chi connectivity index (χ2n) is 8.34. The van der Waals surface area contributed by atoms with E-state index in [0.29, 0.717) is 16.4 Å². The lowest BCUT2D eigenvalue weighted by Gasteiger charge is -2.14. The highest BCUT2D eigenvalue weighted by Crippen LogP contribution is 2.34. The zero-order valence-electron chi connectivity index (χ0n) is 20.0. The molecule has 0 radical (unpaired) electrons. The maximum absolute atomic E-state index is 13.0. The van der Waals surface area contributed by atoms with E-state index in [4.69, 9.17) is 9.47 Å². The molecule has 0 unspecified atom stereocenters. The molecule has 7 heteroatoms. The summed E-state index contributed by atoms with van der Waals surface area (Å²) in [5.74, 6) is 0.886. The van der Waals surface area contributed by atoms with Crippen LogP contribution in [-0.4, -0.2) is 40.9 Å². The van der Waals surface area contributed by atoms with E-state index in [2.05, 4.69) is 36.6 Å². The number of imide groups is 1. The molecule has 1 aliphatic rings. The van der Waals surface area contributed by atoms with Gasteiger partial charge in [0.2, 0.25) is 0 Å². The summed E-state index contributed by atoms with van der Waals surface area (Å²) >= 11 is 0.964. The van der Waals surface area contributed by atoms with Crippen LogP contribution in [0.3, 0.4) is 0 Å². The molecule has 0 N–H and O–H groups in total. The van der Waals surface area contributed by atoms with Crippen LogP contribution in [0.1, 0.15) is 28.1 Å². The molecule has 1 aliphatic heterocycles. The number of para-hydroxylation sites is 2. The van der Waals surface area contributed by atoms with Crippen molar-refractivity contribution in [1.29, 1.82) is 0 Å². The summed E-state index contributed by atoms with van der Waals surface area (Å²) in [7, 11) is 1.57. The van der Waals surface area contributed by atoms with E-state index in [1.165, 1.54) is 16.0 Å². The average Bonchev–Trinajstić information content (AvgIpc) is 3.22. The van der Waals surface area contributed by atoms with Gasteiger partial charge in [-0.2, -0.15) is 0 Å². The number of amides is 2. The number of ether oxygens (including phenoxy) is 2. The van der Waals surface area contributed by atoms with Gasteiger partial charge in [0.05, 0.1) is 18.6 Å². The van der Waals surface area contributed by atoms with Crippen LogP contribution < -0.4 is 9.47 Å². The van der Waals surface area contributed by atoms with Crippen molar-refractivity contribution >= 4 is 29.0 Å². The number of methoxy groups -OCH3 is 1. The van der Waals surface area contributed by atoms with Crippen molar-refractivity contribution in [3.8, 4) is 17.2 Å². The molecule has 3 aromatic rings. The van der Waals surface area contributed by atoms with Gasteiger partial charge in [-0.25, -0.2) is 0 Å². The molecule has 6 nitrogen and oxygen atoms in total. The quantitative estimate of drug-likeness (QED) is 0.401. The number of carbonyl (C=O) groups is 2. The van der Waals surface area contributed by atoms with Crippen molar-refractivity contribution in [1.82, 2.24) is 9.47 Å². The molecular weight excluding hydrogens is 448 g/mol. The first kappa shape index (κ1) is 23.7. The first-order valence-corrected chi connectivity index (χ1v) is 11.9.